The molecule has 4 rings (SSSR count). The molecular formula is C46H65N15O13. The summed E-state index contributed by atoms with van der Waals surface area (Å²) in [5.41, 5.74) is 24.0. The minimum absolute atomic E-state index is 0.00737. The van der Waals surface area contributed by atoms with Gasteiger partial charge in [0.2, 0.25) is 65.0 Å². The number of nitrogens with two attached hydrogens (primary N) is 4. The Labute approximate surface area is 423 Å². The molecule has 0 saturated carbocycles. The van der Waals surface area contributed by atoms with Crippen molar-refractivity contribution < 1.29 is 62.6 Å². The SMILES string of the molecule is CC(C)[C@H](NC(=O)[C@H](CCC(N)=O)NC(=O)[C@H](CC(N)=O)NC(=O)[C@H](C)NC(=O)[C@H](CCC(=O)O)NC(=O)[C@@H]1CCCN1C(=O)[C@H](Cc1c[nH]c2ccccc12)NC(=O)[C@@H](N)Cc1cnc[nH]1)C(=O)NCC(N)=O. The van der Waals surface area contributed by atoms with E-state index in [2.05, 4.69) is 52.2 Å². The maximum atomic E-state index is 14.5. The van der Waals surface area contributed by atoms with Crippen molar-refractivity contribution in [1.82, 2.24) is 57.1 Å². The molecule has 1 saturated heterocycles. The highest BCUT2D eigenvalue weighted by atomic mass is 16.4. The molecule has 3 aromatic rings. The number of imidazole rings is 1. The monoisotopic (exact) mass is 1040 g/mol. The smallest absolute Gasteiger partial charge is 0.303 e. The molecule has 0 unspecified atom stereocenters. The fourth-order valence-corrected chi connectivity index (χ4v) is 8.02. The largest absolute Gasteiger partial charge is 0.481 e. The van der Waals surface area contributed by atoms with Crippen LogP contribution in [0.5, 0.6) is 0 Å². The minimum Gasteiger partial charge on any atom is -0.481 e. The summed E-state index contributed by atoms with van der Waals surface area (Å²) in [5, 5.41) is 27.2. The standard InChI is InChI=1S/C46H65N15O13/c1-22(2)38(45(73)53-20-36(50)64)60-42(70)29(10-12-34(48)62)56-43(71)31(17-35(49)63)58-39(67)23(3)55-41(69)30(11-13-37(65)66)57-44(72)33-9-6-14-61(33)46(74)32(15-24-18-52-28-8-5-4-7-26(24)28)59-40(68)27(47)16-25-19-51-21-54-25/h4-5,7-8,18-19,21-23,27,29-33,38,52H,6,9-17,20,47H2,1-3H3,(H2,48,62)(H2,49,63)(H2,50,64)(H,51,54)(H,53,73)(H,55,69)(H,56,71)(H,57,72)(H,58,67)(H,59,68)(H,60,70)(H,65,66)/t23-,27-,29-,30-,31-,32-,33-,38-/m0/s1. The maximum absolute atomic E-state index is 14.5. The van der Waals surface area contributed by atoms with E-state index in [0.717, 1.165) is 10.9 Å². The molecule has 1 aliphatic heterocycles. The number of carboxylic acids is 1. The first-order chi connectivity index (χ1) is 34.9. The molecule has 2 aromatic heterocycles. The normalized spacial score (nSPS) is 16.0. The number of hydrogen-bond donors (Lipinski definition) is 14. The zero-order valence-electron chi connectivity index (χ0n) is 41.1. The number of likely N-dealkylation sites (tertiary alicyclic amines) is 1. The Morgan fingerprint density at radius 3 is 1.99 bits per heavy atom. The van der Waals surface area contributed by atoms with Crippen LogP contribution in [-0.4, -0.2) is 157 Å². The summed E-state index contributed by atoms with van der Waals surface area (Å²) in [6.07, 6.45) is 2.34. The maximum Gasteiger partial charge on any atom is 0.303 e. The van der Waals surface area contributed by atoms with Crippen molar-refractivity contribution in [3.63, 3.8) is 0 Å². The second kappa shape index (κ2) is 27.4. The number of H-pyrrole nitrogens is 2. The van der Waals surface area contributed by atoms with Crippen molar-refractivity contribution in [2.75, 3.05) is 13.1 Å². The Bertz CT molecular complexity index is 2550. The van der Waals surface area contributed by atoms with Crippen LogP contribution in [0, 0.1) is 5.92 Å². The van der Waals surface area contributed by atoms with Gasteiger partial charge in [-0.2, -0.15) is 0 Å². The number of nitrogens with zero attached hydrogens (tertiary/aromatic N) is 2. The van der Waals surface area contributed by atoms with Gasteiger partial charge >= 0.3 is 5.97 Å². The van der Waals surface area contributed by atoms with E-state index in [4.69, 9.17) is 22.9 Å². The number of primary amides is 3. The fourth-order valence-electron chi connectivity index (χ4n) is 8.02. The molecule has 11 amide bonds. The van der Waals surface area contributed by atoms with Gasteiger partial charge in [-0.3, -0.25) is 57.5 Å². The van der Waals surface area contributed by atoms with E-state index >= 15 is 0 Å². The van der Waals surface area contributed by atoms with Crippen molar-refractivity contribution in [2.24, 2.45) is 28.9 Å². The lowest BCUT2D eigenvalue weighted by atomic mass is 10.0. The van der Waals surface area contributed by atoms with Crippen LogP contribution in [-0.2, 0) is 70.4 Å². The summed E-state index contributed by atoms with van der Waals surface area (Å²) in [6.45, 7) is 3.83. The van der Waals surface area contributed by atoms with Gasteiger partial charge in [-0.15, -0.1) is 0 Å². The van der Waals surface area contributed by atoms with Crippen molar-refractivity contribution in [3.8, 4) is 0 Å². The predicted octanol–water partition coefficient (Wildman–Crippen LogP) is -4.81. The zero-order valence-corrected chi connectivity index (χ0v) is 41.1. The molecule has 1 fully saturated rings. The summed E-state index contributed by atoms with van der Waals surface area (Å²) in [6, 6.07) is -4.00. The number of para-hydroxylation sites is 1. The predicted molar refractivity (Wildman–Crippen MR) is 260 cm³/mol. The number of aliphatic carboxylic acids is 1. The molecule has 1 aromatic carbocycles. The van der Waals surface area contributed by atoms with Crippen LogP contribution < -0.4 is 60.2 Å². The third-order valence-corrected chi connectivity index (χ3v) is 11.9. The molecule has 18 N–H and O–H groups in total. The number of carboxylic acid groups (broad SMARTS) is 1. The lowest BCUT2D eigenvalue weighted by Gasteiger charge is -2.30. The Morgan fingerprint density at radius 1 is 0.716 bits per heavy atom. The summed E-state index contributed by atoms with van der Waals surface area (Å²) >= 11 is 0. The average Bonchev–Trinajstić information content (AvgIpc) is 4.14. The van der Waals surface area contributed by atoms with Gasteiger partial charge in [0.1, 0.15) is 42.3 Å². The molecule has 402 valence electrons. The van der Waals surface area contributed by atoms with Gasteiger partial charge in [-0.1, -0.05) is 32.0 Å². The van der Waals surface area contributed by atoms with E-state index in [1.807, 2.05) is 24.3 Å². The molecule has 0 aliphatic carbocycles. The fraction of sp³-hybridized carbons (Fsp3) is 0.500. The summed E-state index contributed by atoms with van der Waals surface area (Å²) in [5.74, 6) is -12.0. The molecular weight excluding hydrogens is 971 g/mol. The van der Waals surface area contributed by atoms with Crippen LogP contribution >= 0.6 is 0 Å². The first kappa shape index (κ1) is 58.1. The topological polar surface area (TPSA) is 461 Å². The van der Waals surface area contributed by atoms with E-state index in [-0.39, 0.29) is 25.8 Å². The molecule has 0 radical (unpaired) electrons. The summed E-state index contributed by atoms with van der Waals surface area (Å²) < 4.78 is 0. The average molecular weight is 1040 g/mol. The van der Waals surface area contributed by atoms with Gasteiger partial charge in [0.25, 0.3) is 0 Å². The van der Waals surface area contributed by atoms with E-state index in [1.165, 1.54) is 24.3 Å². The third kappa shape index (κ3) is 17.4. The first-order valence-corrected chi connectivity index (χ1v) is 23.7. The van der Waals surface area contributed by atoms with Gasteiger partial charge in [0.05, 0.1) is 25.3 Å². The van der Waals surface area contributed by atoms with Crippen LogP contribution in [0.25, 0.3) is 10.9 Å². The van der Waals surface area contributed by atoms with Crippen molar-refractivity contribution in [1.29, 1.82) is 0 Å². The van der Waals surface area contributed by atoms with Crippen molar-refractivity contribution in [3.05, 3.63) is 54.2 Å². The Balaban J connectivity index is 1.48. The molecule has 74 heavy (non-hydrogen) atoms. The molecule has 28 heteroatoms. The highest BCUT2D eigenvalue weighted by Gasteiger charge is 2.40. The molecule has 1 aliphatic rings. The first-order valence-electron chi connectivity index (χ1n) is 23.7. The number of carbonyl (C=O) groups is 12. The van der Waals surface area contributed by atoms with E-state index in [9.17, 15) is 62.6 Å². The number of amides is 11. The van der Waals surface area contributed by atoms with E-state index in [1.54, 1.807) is 20.0 Å². The lowest BCUT2D eigenvalue weighted by Crippen LogP contribution is -2.60. The van der Waals surface area contributed by atoms with Gasteiger partial charge in [0, 0.05) is 61.2 Å². The van der Waals surface area contributed by atoms with Gasteiger partial charge < -0.3 is 80.1 Å². The molecule has 3 heterocycles. The highest BCUT2D eigenvalue weighted by Crippen LogP contribution is 2.23. The minimum atomic E-state index is -1.80. The van der Waals surface area contributed by atoms with Gasteiger partial charge in [-0.25, -0.2) is 4.98 Å². The number of nitrogens with one attached hydrogen (secondary N) is 9. The number of aromatic amines is 2. The van der Waals surface area contributed by atoms with Crippen LogP contribution in [0.2, 0.25) is 0 Å². The Kier molecular flexibility index (Phi) is 21.5. The number of fused-ring (bicyclic) bond motifs is 1. The van der Waals surface area contributed by atoms with Crippen LogP contribution in [0.4, 0.5) is 0 Å². The van der Waals surface area contributed by atoms with Crippen LogP contribution in [0.15, 0.2) is 43.0 Å². The summed E-state index contributed by atoms with van der Waals surface area (Å²) in [4.78, 5) is 167. The second-order valence-electron chi connectivity index (χ2n) is 18.1. The van der Waals surface area contributed by atoms with Crippen molar-refractivity contribution >= 4 is 81.9 Å². The van der Waals surface area contributed by atoms with Gasteiger partial charge in [0.15, 0.2) is 0 Å². The number of benzene rings is 1. The van der Waals surface area contributed by atoms with E-state index in [0.29, 0.717) is 17.7 Å². The van der Waals surface area contributed by atoms with Crippen molar-refractivity contribution in [2.45, 2.75) is 127 Å². The Hall–Kier alpha value is -8.43. The van der Waals surface area contributed by atoms with Crippen LogP contribution in [0.3, 0.4) is 0 Å². The quantitative estimate of drug-likeness (QED) is 0.0310. The number of rotatable bonds is 29. The number of carbonyl (C=O) groups excluding carboxylic acids is 11. The molecule has 0 bridgehead atoms. The third-order valence-electron chi connectivity index (χ3n) is 11.9. The summed E-state index contributed by atoms with van der Waals surface area (Å²) in [7, 11) is 0. The zero-order chi connectivity index (χ0) is 54.8. The second-order valence-corrected chi connectivity index (χ2v) is 18.1. The van der Waals surface area contributed by atoms with Crippen LogP contribution in [0.1, 0.15) is 77.0 Å². The lowest BCUT2D eigenvalue weighted by molar-refractivity contribution is -0.142. The highest BCUT2D eigenvalue weighted by molar-refractivity contribution is 5.99. The number of aromatic nitrogens is 3. The molecule has 28 nitrogen and oxygen atoms in total. The number of hydrogen-bond acceptors (Lipinski definition) is 14. The molecule has 8 atom stereocenters. The van der Waals surface area contributed by atoms with Gasteiger partial charge in [-0.05, 0) is 50.2 Å². The molecule has 0 spiro atoms. The Morgan fingerprint density at radius 2 is 1.35 bits per heavy atom. The van der Waals surface area contributed by atoms with E-state index < -0.39 is 164 Å².